The van der Waals surface area contributed by atoms with Crippen LogP contribution in [-0.2, 0) is 0 Å². The molecule has 3 nitrogen and oxygen atoms in total. The number of hydrogen-bond acceptors (Lipinski definition) is 4. The molecule has 2 saturated heterocycles. The minimum absolute atomic E-state index is 0.722. The number of pyridine rings is 1. The van der Waals surface area contributed by atoms with E-state index in [0.29, 0.717) is 0 Å². The van der Waals surface area contributed by atoms with E-state index in [4.69, 9.17) is 11.6 Å². The third kappa shape index (κ3) is 2.39. The van der Waals surface area contributed by atoms with Crippen molar-refractivity contribution in [1.29, 1.82) is 0 Å². The molecule has 0 atom stereocenters. The first-order chi connectivity index (χ1) is 8.34. The highest BCUT2D eigenvalue weighted by molar-refractivity contribution is 7.99. The van der Waals surface area contributed by atoms with Crippen LogP contribution in [0.2, 0.25) is 5.02 Å². The van der Waals surface area contributed by atoms with Gasteiger partial charge in [-0.05, 0) is 6.07 Å². The Labute approximate surface area is 111 Å². The molecule has 92 valence electrons. The molecule has 2 aliphatic heterocycles. The van der Waals surface area contributed by atoms with E-state index in [9.17, 15) is 0 Å². The van der Waals surface area contributed by atoms with Crippen LogP contribution in [0.4, 0.5) is 5.69 Å². The number of anilines is 1. The average molecular weight is 270 g/mol. The summed E-state index contributed by atoms with van der Waals surface area (Å²) in [5.41, 5.74) is 1.13. The summed E-state index contributed by atoms with van der Waals surface area (Å²) >= 11 is 8.21. The van der Waals surface area contributed by atoms with Crippen LogP contribution < -0.4 is 4.90 Å². The summed E-state index contributed by atoms with van der Waals surface area (Å²) in [4.78, 5) is 8.98. The first kappa shape index (κ1) is 11.6. The number of hydrogen-bond donors (Lipinski definition) is 0. The highest BCUT2D eigenvalue weighted by atomic mass is 35.5. The molecule has 0 amide bonds. The fourth-order valence-corrected chi connectivity index (χ4v) is 3.62. The van der Waals surface area contributed by atoms with Crippen LogP contribution in [0.5, 0.6) is 0 Å². The monoisotopic (exact) mass is 269 g/mol. The Hall–Kier alpha value is -0.450. The summed E-state index contributed by atoms with van der Waals surface area (Å²) in [6.45, 7) is 4.70. The maximum absolute atomic E-state index is 6.14. The third-order valence-electron chi connectivity index (χ3n) is 3.52. The second kappa shape index (κ2) is 5.04. The number of rotatable bonds is 2. The van der Waals surface area contributed by atoms with Crippen molar-refractivity contribution in [3.63, 3.8) is 0 Å². The van der Waals surface area contributed by atoms with Gasteiger partial charge in [-0.25, -0.2) is 0 Å². The van der Waals surface area contributed by atoms with Crippen molar-refractivity contribution < 1.29 is 0 Å². The van der Waals surface area contributed by atoms with Crippen LogP contribution in [0.1, 0.15) is 0 Å². The van der Waals surface area contributed by atoms with Gasteiger partial charge < -0.3 is 4.90 Å². The Morgan fingerprint density at radius 3 is 2.76 bits per heavy atom. The lowest BCUT2D eigenvalue weighted by Gasteiger charge is -2.47. The highest BCUT2D eigenvalue weighted by Crippen LogP contribution is 2.30. The molecule has 3 rings (SSSR count). The van der Waals surface area contributed by atoms with Crippen LogP contribution >= 0.6 is 23.4 Å². The Balaban J connectivity index is 1.59. The van der Waals surface area contributed by atoms with Gasteiger partial charge in [0.25, 0.3) is 0 Å². The molecule has 0 spiro atoms. The molecule has 1 aromatic rings. The van der Waals surface area contributed by atoms with Gasteiger partial charge in [-0.2, -0.15) is 11.8 Å². The quantitative estimate of drug-likeness (QED) is 0.817. The van der Waals surface area contributed by atoms with E-state index in [2.05, 4.69) is 26.5 Å². The van der Waals surface area contributed by atoms with Gasteiger partial charge in [-0.1, -0.05) is 11.6 Å². The van der Waals surface area contributed by atoms with E-state index in [1.54, 1.807) is 6.20 Å². The van der Waals surface area contributed by atoms with Gasteiger partial charge in [0.05, 0.1) is 10.7 Å². The van der Waals surface area contributed by atoms with E-state index >= 15 is 0 Å². The number of nitrogens with zero attached hydrogens (tertiary/aromatic N) is 3. The first-order valence-corrected chi connectivity index (χ1v) is 7.54. The zero-order valence-electron chi connectivity index (χ0n) is 9.68. The fourth-order valence-electron chi connectivity index (χ4n) is 2.45. The SMILES string of the molecule is Clc1cnccc1N1CC(N2CCSCC2)C1. The molecule has 0 unspecified atom stereocenters. The lowest BCUT2D eigenvalue weighted by molar-refractivity contribution is 0.183. The van der Waals surface area contributed by atoms with Crippen molar-refractivity contribution in [3.05, 3.63) is 23.5 Å². The average Bonchev–Trinajstić information content (AvgIpc) is 2.31. The fraction of sp³-hybridized carbons (Fsp3) is 0.583. The lowest BCUT2D eigenvalue weighted by atomic mass is 10.1. The van der Waals surface area contributed by atoms with Crippen molar-refractivity contribution in [2.75, 3.05) is 42.6 Å². The summed E-state index contributed by atoms with van der Waals surface area (Å²) in [6, 6.07) is 2.73. The van der Waals surface area contributed by atoms with Crippen LogP contribution in [0, 0.1) is 0 Å². The molecule has 0 bridgehead atoms. The molecule has 17 heavy (non-hydrogen) atoms. The summed E-state index contributed by atoms with van der Waals surface area (Å²) < 4.78 is 0. The van der Waals surface area contributed by atoms with E-state index in [-0.39, 0.29) is 0 Å². The van der Waals surface area contributed by atoms with Gasteiger partial charge in [0.1, 0.15) is 0 Å². The van der Waals surface area contributed by atoms with Gasteiger partial charge in [-0.15, -0.1) is 0 Å². The number of thioether (sulfide) groups is 1. The van der Waals surface area contributed by atoms with Crippen molar-refractivity contribution in [3.8, 4) is 0 Å². The van der Waals surface area contributed by atoms with Crippen LogP contribution in [0.15, 0.2) is 18.5 Å². The molecular weight excluding hydrogens is 254 g/mol. The van der Waals surface area contributed by atoms with Crippen LogP contribution in [-0.4, -0.2) is 53.6 Å². The molecule has 0 aliphatic carbocycles. The minimum Gasteiger partial charge on any atom is -0.367 e. The Kier molecular flexibility index (Phi) is 3.45. The molecule has 5 heteroatoms. The molecule has 2 fully saturated rings. The molecule has 0 saturated carbocycles. The molecule has 1 aromatic heterocycles. The Morgan fingerprint density at radius 1 is 1.29 bits per heavy atom. The van der Waals surface area contributed by atoms with E-state index in [1.807, 2.05) is 12.3 Å². The Morgan fingerprint density at radius 2 is 2.06 bits per heavy atom. The van der Waals surface area contributed by atoms with E-state index < -0.39 is 0 Å². The summed E-state index contributed by atoms with van der Waals surface area (Å²) in [6.07, 6.45) is 3.54. The predicted octanol–water partition coefficient (Wildman–Crippen LogP) is 1.97. The van der Waals surface area contributed by atoms with Gasteiger partial charge in [-0.3, -0.25) is 9.88 Å². The van der Waals surface area contributed by atoms with Gasteiger partial charge in [0.2, 0.25) is 0 Å². The zero-order valence-corrected chi connectivity index (χ0v) is 11.3. The lowest BCUT2D eigenvalue weighted by Crippen LogP contribution is -2.61. The molecule has 3 heterocycles. The van der Waals surface area contributed by atoms with Crippen molar-refractivity contribution >= 4 is 29.1 Å². The topological polar surface area (TPSA) is 19.4 Å². The summed E-state index contributed by atoms with van der Waals surface area (Å²) in [5, 5.41) is 0.764. The van der Waals surface area contributed by atoms with Crippen LogP contribution in [0.25, 0.3) is 0 Å². The third-order valence-corrected chi connectivity index (χ3v) is 4.75. The second-order valence-corrected chi connectivity index (χ2v) is 6.17. The predicted molar refractivity (Wildman–Crippen MR) is 74.1 cm³/mol. The van der Waals surface area contributed by atoms with Crippen molar-refractivity contribution in [2.45, 2.75) is 6.04 Å². The Bertz CT molecular complexity index is 389. The first-order valence-electron chi connectivity index (χ1n) is 6.01. The number of aromatic nitrogens is 1. The molecule has 0 N–H and O–H groups in total. The molecule has 0 aromatic carbocycles. The van der Waals surface area contributed by atoms with E-state index in [0.717, 1.165) is 29.8 Å². The summed E-state index contributed by atoms with van der Waals surface area (Å²) in [5.74, 6) is 2.57. The van der Waals surface area contributed by atoms with Crippen molar-refractivity contribution in [1.82, 2.24) is 9.88 Å². The van der Waals surface area contributed by atoms with Crippen LogP contribution in [0.3, 0.4) is 0 Å². The molecule has 0 radical (unpaired) electrons. The zero-order chi connectivity index (χ0) is 11.7. The minimum atomic E-state index is 0.722. The largest absolute Gasteiger partial charge is 0.367 e. The highest BCUT2D eigenvalue weighted by Gasteiger charge is 2.33. The maximum atomic E-state index is 6.14. The summed E-state index contributed by atoms with van der Waals surface area (Å²) in [7, 11) is 0. The second-order valence-electron chi connectivity index (χ2n) is 4.53. The standard InChI is InChI=1S/C12H16ClN3S/c13-11-7-14-2-1-12(11)16-8-10(9-16)15-3-5-17-6-4-15/h1-2,7,10H,3-6,8-9H2. The normalized spacial score (nSPS) is 22.5. The van der Waals surface area contributed by atoms with Crippen molar-refractivity contribution in [2.24, 2.45) is 0 Å². The van der Waals surface area contributed by atoms with E-state index in [1.165, 1.54) is 24.6 Å². The maximum Gasteiger partial charge on any atom is 0.0822 e. The molecule has 2 aliphatic rings. The van der Waals surface area contributed by atoms with Gasteiger partial charge in [0.15, 0.2) is 0 Å². The smallest absolute Gasteiger partial charge is 0.0822 e. The molecular formula is C12H16ClN3S. The van der Waals surface area contributed by atoms with Gasteiger partial charge in [0, 0.05) is 56.1 Å². The van der Waals surface area contributed by atoms with Gasteiger partial charge >= 0.3 is 0 Å². The number of halogens is 1.